The van der Waals surface area contributed by atoms with Gasteiger partial charge in [0.15, 0.2) is 0 Å². The van der Waals surface area contributed by atoms with Gasteiger partial charge in [0, 0.05) is 0 Å². The summed E-state index contributed by atoms with van der Waals surface area (Å²) in [6.07, 6.45) is 1.73. The first-order valence-corrected chi connectivity index (χ1v) is 8.94. The summed E-state index contributed by atoms with van der Waals surface area (Å²) in [5.41, 5.74) is 0. The standard InChI is InChI=1S/C8H14O4S3/c1-11-7(9)5-14(3)15(4,13)6-8(10)12-2/h6H,3,5H2,1-2,4H3. The number of hydrogen-bond donors (Lipinski definition) is 0. The summed E-state index contributed by atoms with van der Waals surface area (Å²) in [5.74, 6) is 3.10. The monoisotopic (exact) mass is 270 g/mol. The molecule has 4 nitrogen and oxygen atoms in total. The molecule has 0 heterocycles. The maximum Gasteiger partial charge on any atom is 0.337 e. The van der Waals surface area contributed by atoms with Crippen LogP contribution in [0.1, 0.15) is 0 Å². The normalized spacial score (nSPS) is 15.9. The molecule has 0 aromatic rings. The molecule has 2 atom stereocenters. The summed E-state index contributed by atoms with van der Waals surface area (Å²) in [7, 11) is 0.196. The van der Waals surface area contributed by atoms with Gasteiger partial charge in [0.05, 0.1) is 25.3 Å². The number of esters is 2. The van der Waals surface area contributed by atoms with E-state index in [1.807, 2.05) is 0 Å². The number of rotatable bonds is 4. The molecule has 2 unspecified atom stereocenters. The number of methoxy groups -OCH3 is 2. The highest BCUT2D eigenvalue weighted by molar-refractivity contribution is 8.94. The molecule has 0 saturated carbocycles. The summed E-state index contributed by atoms with van der Waals surface area (Å²) in [6.45, 7) is 0. The van der Waals surface area contributed by atoms with Crippen molar-refractivity contribution in [3.05, 3.63) is 0 Å². The Morgan fingerprint density at radius 3 is 2.40 bits per heavy atom. The zero-order valence-corrected chi connectivity index (χ0v) is 11.3. The molecule has 0 radical (unpaired) electrons. The van der Waals surface area contributed by atoms with Crippen molar-refractivity contribution in [2.24, 2.45) is 0 Å². The third-order valence-electron chi connectivity index (χ3n) is 1.49. The highest BCUT2D eigenvalue weighted by atomic mass is 33.4. The number of hydrogen-bond acceptors (Lipinski definition) is 5. The van der Waals surface area contributed by atoms with Crippen molar-refractivity contribution in [1.29, 1.82) is 0 Å². The van der Waals surface area contributed by atoms with E-state index < -0.39 is 22.7 Å². The molecule has 0 saturated heterocycles. The van der Waals surface area contributed by atoms with Gasteiger partial charge in [-0.25, -0.2) is 4.79 Å². The zero-order chi connectivity index (χ0) is 12.1. The van der Waals surface area contributed by atoms with Crippen LogP contribution in [0, 0.1) is 0 Å². The molecule has 0 amide bonds. The highest BCUT2D eigenvalue weighted by Crippen LogP contribution is 2.19. The molecule has 0 aliphatic heterocycles. The number of carbonyl (C=O) groups is 2. The minimum absolute atomic E-state index is 0.138. The van der Waals surface area contributed by atoms with E-state index in [1.54, 1.807) is 6.26 Å². The second-order valence-corrected chi connectivity index (χ2v) is 11.9. The lowest BCUT2D eigenvalue weighted by Gasteiger charge is -2.11. The van der Waals surface area contributed by atoms with Crippen molar-refractivity contribution in [1.82, 2.24) is 0 Å². The molecule has 15 heavy (non-hydrogen) atoms. The van der Waals surface area contributed by atoms with E-state index in [2.05, 4.69) is 15.3 Å². The Hall–Kier alpha value is -0.400. The Bertz CT molecular complexity index is 391. The van der Waals surface area contributed by atoms with Gasteiger partial charge < -0.3 is 9.47 Å². The average molecular weight is 270 g/mol. The van der Waals surface area contributed by atoms with Crippen LogP contribution in [0.15, 0.2) is 0 Å². The Morgan fingerprint density at radius 2 is 2.00 bits per heavy atom. The molecule has 0 fully saturated rings. The molecular weight excluding hydrogens is 256 g/mol. The smallest absolute Gasteiger partial charge is 0.337 e. The molecule has 0 bridgehead atoms. The molecule has 0 N–H and O–H groups in total. The Kier molecular flexibility index (Phi) is 6.07. The van der Waals surface area contributed by atoms with Crippen LogP contribution in [0.4, 0.5) is 0 Å². The van der Waals surface area contributed by atoms with Crippen LogP contribution in [0.3, 0.4) is 0 Å². The Balaban J connectivity index is 4.82. The first kappa shape index (κ1) is 14.6. The molecule has 0 spiro atoms. The number of carbonyl (C=O) groups excluding carboxylic acids is 2. The third-order valence-corrected chi connectivity index (χ3v) is 9.07. The van der Waals surface area contributed by atoms with Gasteiger partial charge in [-0.1, -0.05) is 13.1 Å². The maximum atomic E-state index is 11.0. The minimum atomic E-state index is -1.78. The summed E-state index contributed by atoms with van der Waals surface area (Å²) in [5, 5.41) is 1.33. The summed E-state index contributed by atoms with van der Waals surface area (Å²) in [4.78, 5) is 22.0. The predicted molar refractivity (Wildman–Crippen MR) is 70.3 cm³/mol. The molecule has 0 rings (SSSR count). The van der Waals surface area contributed by atoms with Crippen LogP contribution < -0.4 is 0 Å². The van der Waals surface area contributed by atoms with Crippen LogP contribution in [0.25, 0.3) is 0 Å². The van der Waals surface area contributed by atoms with E-state index in [-0.39, 0.29) is 11.7 Å². The highest BCUT2D eigenvalue weighted by Gasteiger charge is 2.09. The topological polar surface area (TPSA) is 52.6 Å². The first-order chi connectivity index (χ1) is 6.83. The van der Waals surface area contributed by atoms with Gasteiger partial charge in [0.1, 0.15) is 0 Å². The second-order valence-electron chi connectivity index (χ2n) is 2.63. The van der Waals surface area contributed by atoms with Gasteiger partial charge >= 0.3 is 11.9 Å². The Labute approximate surface area is 96.4 Å². The molecule has 0 aliphatic rings. The van der Waals surface area contributed by atoms with Crippen molar-refractivity contribution < 1.29 is 19.1 Å². The largest absolute Gasteiger partial charge is 0.468 e. The lowest BCUT2D eigenvalue weighted by atomic mass is 10.8. The van der Waals surface area contributed by atoms with Crippen LogP contribution in [0.5, 0.6) is 0 Å². The summed E-state index contributed by atoms with van der Waals surface area (Å²) in [6, 6.07) is 0. The average Bonchev–Trinajstić information content (AvgIpc) is 2.16. The fraction of sp³-hybridized carbons (Fsp3) is 0.500. The van der Waals surface area contributed by atoms with Crippen molar-refractivity contribution in [3.8, 4) is 0 Å². The maximum absolute atomic E-state index is 11.0. The van der Waals surface area contributed by atoms with Gasteiger partial charge in [0.2, 0.25) is 0 Å². The quantitative estimate of drug-likeness (QED) is 0.409. The summed E-state index contributed by atoms with van der Waals surface area (Å²) < 4.78 is 9.00. The molecule has 0 aromatic heterocycles. The molecule has 88 valence electrons. The van der Waals surface area contributed by atoms with Crippen molar-refractivity contribution in [2.45, 2.75) is 0 Å². The van der Waals surface area contributed by atoms with Gasteiger partial charge in [-0.3, -0.25) is 4.79 Å². The van der Waals surface area contributed by atoms with Gasteiger partial charge in [-0.15, -0.1) is 9.52 Å². The van der Waals surface area contributed by atoms with Crippen molar-refractivity contribution in [3.63, 3.8) is 0 Å². The van der Waals surface area contributed by atoms with Crippen LogP contribution in [-0.4, -0.2) is 49.4 Å². The van der Waals surface area contributed by atoms with Crippen LogP contribution in [0.2, 0.25) is 0 Å². The van der Waals surface area contributed by atoms with Crippen LogP contribution >= 0.6 is 9.52 Å². The van der Waals surface area contributed by atoms with Gasteiger partial charge in [0.25, 0.3) is 0 Å². The van der Waals surface area contributed by atoms with Crippen molar-refractivity contribution in [2.75, 3.05) is 26.2 Å². The van der Waals surface area contributed by atoms with E-state index in [0.29, 0.717) is 0 Å². The second kappa shape index (κ2) is 6.24. The summed E-state index contributed by atoms with van der Waals surface area (Å²) >= 11 is 5.24. The third kappa shape index (κ3) is 5.29. The van der Waals surface area contributed by atoms with Crippen LogP contribution in [-0.2, 0) is 37.5 Å². The van der Waals surface area contributed by atoms with Gasteiger partial charge in [-0.2, -0.15) is 0 Å². The zero-order valence-electron chi connectivity index (χ0n) is 8.85. The van der Waals surface area contributed by atoms with E-state index >= 15 is 0 Å². The molecule has 0 aliphatic carbocycles. The van der Waals surface area contributed by atoms with E-state index in [4.69, 9.17) is 11.2 Å². The number of ether oxygens (including phenoxy) is 2. The SMILES string of the molecule is C=S(CC(=O)OC)S(C)(=S)=CC(=O)OC. The Morgan fingerprint density at radius 1 is 1.47 bits per heavy atom. The lowest BCUT2D eigenvalue weighted by Crippen LogP contribution is -2.13. The molecule has 7 heteroatoms. The van der Waals surface area contributed by atoms with Gasteiger partial charge in [-0.05, 0) is 17.4 Å². The molecular formula is C8H14O4S3. The fourth-order valence-electron chi connectivity index (χ4n) is 0.598. The van der Waals surface area contributed by atoms with E-state index in [0.717, 1.165) is 0 Å². The van der Waals surface area contributed by atoms with E-state index in [1.165, 1.54) is 19.6 Å². The lowest BCUT2D eigenvalue weighted by molar-refractivity contribution is -0.137. The molecule has 0 aromatic carbocycles. The van der Waals surface area contributed by atoms with Crippen molar-refractivity contribution >= 4 is 51.1 Å². The first-order valence-electron chi connectivity index (χ1n) is 3.83. The minimum Gasteiger partial charge on any atom is -0.468 e. The fourth-order valence-corrected chi connectivity index (χ4v) is 4.10. The predicted octanol–water partition coefficient (Wildman–Crippen LogP) is -0.00380. The van der Waals surface area contributed by atoms with E-state index in [9.17, 15) is 9.59 Å².